The van der Waals surface area contributed by atoms with Gasteiger partial charge >= 0.3 is 5.76 Å². The SMILES string of the molecule is Cc1nc2ccccc2n1CC(=O)N1CCCC(n2c(=O)oc3ccc(Cl)cc32)C1. The topological polar surface area (TPSA) is 73.3 Å². The Hall–Kier alpha value is -3.06. The number of rotatable bonds is 3. The average molecular weight is 425 g/mol. The lowest BCUT2D eigenvalue weighted by Gasteiger charge is -2.33. The van der Waals surface area contributed by atoms with Gasteiger partial charge in [-0.3, -0.25) is 9.36 Å². The number of piperidine rings is 1. The summed E-state index contributed by atoms with van der Waals surface area (Å²) in [4.78, 5) is 32.0. The lowest BCUT2D eigenvalue weighted by Crippen LogP contribution is -2.43. The monoisotopic (exact) mass is 424 g/mol. The first-order valence-corrected chi connectivity index (χ1v) is 10.4. The van der Waals surface area contributed by atoms with Crippen LogP contribution in [-0.4, -0.2) is 38.0 Å². The first-order chi connectivity index (χ1) is 14.5. The summed E-state index contributed by atoms with van der Waals surface area (Å²) in [6, 6.07) is 12.8. The highest BCUT2D eigenvalue weighted by atomic mass is 35.5. The fraction of sp³-hybridized carbons (Fsp3) is 0.318. The third-order valence-electron chi connectivity index (χ3n) is 5.83. The molecular formula is C22H21ClN4O3. The summed E-state index contributed by atoms with van der Waals surface area (Å²) in [6.07, 6.45) is 1.62. The van der Waals surface area contributed by atoms with Crippen molar-refractivity contribution in [3.05, 3.63) is 63.9 Å². The molecule has 1 fully saturated rings. The number of likely N-dealkylation sites (tertiary alicyclic amines) is 1. The third-order valence-corrected chi connectivity index (χ3v) is 6.06. The van der Waals surface area contributed by atoms with E-state index >= 15 is 0 Å². The second kappa shape index (κ2) is 7.32. The van der Waals surface area contributed by atoms with E-state index in [-0.39, 0.29) is 18.5 Å². The Morgan fingerprint density at radius 2 is 2.07 bits per heavy atom. The summed E-state index contributed by atoms with van der Waals surface area (Å²) in [5.41, 5.74) is 3.01. The molecule has 0 bridgehead atoms. The summed E-state index contributed by atoms with van der Waals surface area (Å²) < 4.78 is 8.97. The van der Waals surface area contributed by atoms with Crippen molar-refractivity contribution in [1.82, 2.24) is 19.0 Å². The van der Waals surface area contributed by atoms with Gasteiger partial charge in [-0.2, -0.15) is 0 Å². The molecule has 4 aromatic rings. The molecule has 1 aliphatic heterocycles. The van der Waals surface area contributed by atoms with Crippen molar-refractivity contribution >= 4 is 39.6 Å². The molecule has 0 radical (unpaired) electrons. The molecule has 8 heteroatoms. The van der Waals surface area contributed by atoms with Crippen LogP contribution >= 0.6 is 11.6 Å². The fourth-order valence-electron chi connectivity index (χ4n) is 4.38. The zero-order valence-corrected chi connectivity index (χ0v) is 17.3. The van der Waals surface area contributed by atoms with Crippen LogP contribution in [0.2, 0.25) is 5.02 Å². The van der Waals surface area contributed by atoms with Gasteiger partial charge in [0.2, 0.25) is 5.91 Å². The van der Waals surface area contributed by atoms with Crippen LogP contribution in [-0.2, 0) is 11.3 Å². The van der Waals surface area contributed by atoms with Crippen molar-refractivity contribution in [1.29, 1.82) is 0 Å². The minimum atomic E-state index is -0.414. The molecule has 2 aromatic heterocycles. The van der Waals surface area contributed by atoms with Crippen molar-refractivity contribution in [3.8, 4) is 0 Å². The quantitative estimate of drug-likeness (QED) is 0.501. The van der Waals surface area contributed by atoms with Crippen LogP contribution in [0.25, 0.3) is 22.1 Å². The molecule has 0 spiro atoms. The number of imidazole rings is 1. The van der Waals surface area contributed by atoms with E-state index in [0.29, 0.717) is 29.2 Å². The number of nitrogens with zero attached hydrogens (tertiary/aromatic N) is 4. The van der Waals surface area contributed by atoms with Gasteiger partial charge in [0.05, 0.1) is 22.6 Å². The number of fused-ring (bicyclic) bond motifs is 2. The van der Waals surface area contributed by atoms with E-state index in [1.54, 1.807) is 22.8 Å². The molecule has 154 valence electrons. The number of halogens is 1. The van der Waals surface area contributed by atoms with Gasteiger partial charge in [0, 0.05) is 18.1 Å². The Morgan fingerprint density at radius 1 is 1.23 bits per heavy atom. The second-order valence-electron chi connectivity index (χ2n) is 7.72. The molecule has 2 aromatic carbocycles. The maximum atomic E-state index is 13.1. The van der Waals surface area contributed by atoms with Gasteiger partial charge < -0.3 is 13.9 Å². The highest BCUT2D eigenvalue weighted by Gasteiger charge is 2.28. The zero-order chi connectivity index (χ0) is 20.8. The van der Waals surface area contributed by atoms with E-state index in [0.717, 1.165) is 29.7 Å². The number of benzene rings is 2. The largest absolute Gasteiger partial charge is 0.420 e. The van der Waals surface area contributed by atoms with Crippen molar-refractivity contribution in [2.24, 2.45) is 0 Å². The van der Waals surface area contributed by atoms with Gasteiger partial charge in [0.15, 0.2) is 5.58 Å². The van der Waals surface area contributed by atoms with E-state index in [4.69, 9.17) is 16.0 Å². The third kappa shape index (κ3) is 3.19. The number of aryl methyl sites for hydroxylation is 1. The van der Waals surface area contributed by atoms with E-state index in [1.807, 2.05) is 40.7 Å². The van der Waals surface area contributed by atoms with Crippen molar-refractivity contribution < 1.29 is 9.21 Å². The number of carbonyl (C=O) groups excluding carboxylic acids is 1. The molecule has 1 saturated heterocycles. The summed E-state index contributed by atoms with van der Waals surface area (Å²) in [5, 5.41) is 0.545. The molecule has 0 saturated carbocycles. The Kier molecular flexibility index (Phi) is 4.62. The van der Waals surface area contributed by atoms with E-state index < -0.39 is 5.76 Å². The molecule has 5 rings (SSSR count). The molecule has 30 heavy (non-hydrogen) atoms. The lowest BCUT2D eigenvalue weighted by molar-refractivity contribution is -0.133. The fourth-order valence-corrected chi connectivity index (χ4v) is 4.54. The molecule has 7 nitrogen and oxygen atoms in total. The summed E-state index contributed by atoms with van der Waals surface area (Å²) >= 11 is 6.13. The lowest BCUT2D eigenvalue weighted by atomic mass is 10.0. The minimum Gasteiger partial charge on any atom is -0.408 e. The Bertz CT molecular complexity index is 1320. The molecule has 1 amide bonds. The van der Waals surface area contributed by atoms with Crippen molar-refractivity contribution in [2.75, 3.05) is 13.1 Å². The predicted octanol–water partition coefficient (Wildman–Crippen LogP) is 3.77. The molecule has 1 aliphatic rings. The van der Waals surface area contributed by atoms with E-state index in [9.17, 15) is 9.59 Å². The van der Waals surface area contributed by atoms with Crippen molar-refractivity contribution in [3.63, 3.8) is 0 Å². The number of amides is 1. The summed E-state index contributed by atoms with van der Waals surface area (Å²) in [5.74, 6) is 0.414. The van der Waals surface area contributed by atoms with E-state index in [2.05, 4.69) is 4.98 Å². The second-order valence-corrected chi connectivity index (χ2v) is 8.16. The van der Waals surface area contributed by atoms with Crippen LogP contribution in [0.1, 0.15) is 24.7 Å². The summed E-state index contributed by atoms with van der Waals surface area (Å²) in [7, 11) is 0. The van der Waals surface area contributed by atoms with E-state index in [1.165, 1.54) is 0 Å². The average Bonchev–Trinajstić information content (AvgIpc) is 3.23. The maximum absolute atomic E-state index is 13.1. The van der Waals surface area contributed by atoms with Gasteiger partial charge in [0.1, 0.15) is 12.4 Å². The number of carbonyl (C=O) groups is 1. The zero-order valence-electron chi connectivity index (χ0n) is 16.5. The van der Waals surface area contributed by atoms with Gasteiger partial charge in [0.25, 0.3) is 0 Å². The molecular weight excluding hydrogens is 404 g/mol. The normalized spacial score (nSPS) is 17.1. The van der Waals surface area contributed by atoms with Gasteiger partial charge in [-0.15, -0.1) is 0 Å². The maximum Gasteiger partial charge on any atom is 0.420 e. The standard InChI is InChI=1S/C22H21ClN4O3/c1-14-24-17-6-2-3-7-18(17)26(14)13-21(28)25-10-4-5-16(12-25)27-19-11-15(23)8-9-20(19)30-22(27)29/h2-3,6-9,11,16H,4-5,10,12-13H2,1H3. The van der Waals surface area contributed by atoms with Gasteiger partial charge in [-0.1, -0.05) is 23.7 Å². The van der Waals surface area contributed by atoms with Crippen LogP contribution in [0, 0.1) is 6.92 Å². The number of hydrogen-bond acceptors (Lipinski definition) is 4. The molecule has 1 atom stereocenters. The Morgan fingerprint density at radius 3 is 2.93 bits per heavy atom. The minimum absolute atomic E-state index is 0.0184. The van der Waals surface area contributed by atoms with Crippen LogP contribution in [0.15, 0.2) is 51.7 Å². The Labute approximate surface area is 177 Å². The van der Waals surface area contributed by atoms with Crippen LogP contribution in [0.3, 0.4) is 0 Å². The summed E-state index contributed by atoms with van der Waals surface area (Å²) in [6.45, 7) is 3.27. The molecule has 0 N–H and O–H groups in total. The van der Waals surface area contributed by atoms with Crippen LogP contribution < -0.4 is 5.76 Å². The number of para-hydroxylation sites is 2. The van der Waals surface area contributed by atoms with Gasteiger partial charge in [-0.05, 0) is 50.1 Å². The number of oxazole rings is 1. The molecule has 3 heterocycles. The predicted molar refractivity (Wildman–Crippen MR) is 115 cm³/mol. The smallest absolute Gasteiger partial charge is 0.408 e. The highest BCUT2D eigenvalue weighted by molar-refractivity contribution is 6.31. The van der Waals surface area contributed by atoms with Gasteiger partial charge in [-0.25, -0.2) is 9.78 Å². The van der Waals surface area contributed by atoms with Crippen LogP contribution in [0.5, 0.6) is 0 Å². The number of hydrogen-bond donors (Lipinski definition) is 0. The molecule has 1 unspecified atom stereocenters. The first kappa shape index (κ1) is 18.9. The highest BCUT2D eigenvalue weighted by Crippen LogP contribution is 2.27. The van der Waals surface area contributed by atoms with Crippen molar-refractivity contribution in [2.45, 2.75) is 32.4 Å². The number of aromatic nitrogens is 3. The van der Waals surface area contributed by atoms with Crippen LogP contribution in [0.4, 0.5) is 0 Å². The molecule has 0 aliphatic carbocycles. The first-order valence-electron chi connectivity index (χ1n) is 10.0. The Balaban J connectivity index is 1.41.